The SMILES string of the molecule is C1=c2ccc([nH]2)=Cc2ccc([nH]2)N=c2[nH]c(c3ccccc23)=Cc2ccc1[nH]2. The summed E-state index contributed by atoms with van der Waals surface area (Å²) in [6.07, 6.45) is 6.31. The lowest BCUT2D eigenvalue weighted by Crippen LogP contribution is -2.10. The van der Waals surface area contributed by atoms with Gasteiger partial charge in [0.25, 0.3) is 0 Å². The second kappa shape index (κ2) is 5.76. The molecule has 4 N–H and O–H groups in total. The van der Waals surface area contributed by atoms with Crippen LogP contribution in [0.3, 0.4) is 0 Å². The molecular formula is C23H17N5. The second-order valence-corrected chi connectivity index (χ2v) is 7.01. The van der Waals surface area contributed by atoms with Gasteiger partial charge in [-0.1, -0.05) is 24.3 Å². The summed E-state index contributed by atoms with van der Waals surface area (Å²) in [6.45, 7) is 0. The van der Waals surface area contributed by atoms with Gasteiger partial charge in [0.2, 0.25) is 0 Å². The Kier molecular flexibility index (Phi) is 3.10. The van der Waals surface area contributed by atoms with Crippen molar-refractivity contribution in [2.45, 2.75) is 0 Å². The van der Waals surface area contributed by atoms with Crippen LogP contribution in [0, 0.1) is 0 Å². The minimum Gasteiger partial charge on any atom is -0.355 e. The van der Waals surface area contributed by atoms with Crippen molar-refractivity contribution < 1.29 is 0 Å². The smallest absolute Gasteiger partial charge is 0.140 e. The van der Waals surface area contributed by atoms with E-state index in [0.717, 1.165) is 55.2 Å². The molecule has 4 aromatic heterocycles. The monoisotopic (exact) mass is 363 g/mol. The van der Waals surface area contributed by atoms with E-state index in [1.807, 2.05) is 18.2 Å². The van der Waals surface area contributed by atoms with Crippen LogP contribution in [0.25, 0.3) is 29.0 Å². The predicted molar refractivity (Wildman–Crippen MR) is 111 cm³/mol. The van der Waals surface area contributed by atoms with E-state index in [1.165, 1.54) is 0 Å². The number of nitrogens with zero attached hydrogens (tertiary/aromatic N) is 1. The Hall–Kier alpha value is -3.99. The fraction of sp³-hybridized carbons (Fsp3) is 0. The molecule has 0 amide bonds. The van der Waals surface area contributed by atoms with Gasteiger partial charge < -0.3 is 19.9 Å². The second-order valence-electron chi connectivity index (χ2n) is 7.01. The van der Waals surface area contributed by atoms with Crippen molar-refractivity contribution in [2.24, 2.45) is 4.99 Å². The van der Waals surface area contributed by atoms with Crippen LogP contribution in [0.2, 0.25) is 0 Å². The van der Waals surface area contributed by atoms with Gasteiger partial charge in [-0.2, -0.15) is 0 Å². The third-order valence-corrected chi connectivity index (χ3v) is 5.03. The number of hydrogen-bond donors (Lipinski definition) is 4. The molecule has 1 aliphatic heterocycles. The quantitative estimate of drug-likeness (QED) is 0.318. The maximum Gasteiger partial charge on any atom is 0.140 e. The van der Waals surface area contributed by atoms with Gasteiger partial charge in [-0.3, -0.25) is 0 Å². The molecule has 0 spiro atoms. The van der Waals surface area contributed by atoms with Crippen molar-refractivity contribution in [3.63, 3.8) is 0 Å². The molecule has 5 heterocycles. The molecule has 0 atom stereocenters. The summed E-state index contributed by atoms with van der Waals surface area (Å²) in [5.74, 6) is 0.817. The van der Waals surface area contributed by atoms with Crippen LogP contribution >= 0.6 is 0 Å². The molecule has 8 bridgehead atoms. The molecule has 5 heteroatoms. The first kappa shape index (κ1) is 15.1. The van der Waals surface area contributed by atoms with E-state index < -0.39 is 0 Å². The maximum atomic E-state index is 4.82. The van der Waals surface area contributed by atoms with Crippen LogP contribution in [-0.4, -0.2) is 19.9 Å². The highest BCUT2D eigenvalue weighted by atomic mass is 15.0. The summed E-state index contributed by atoms with van der Waals surface area (Å²) in [4.78, 5) is 18.6. The van der Waals surface area contributed by atoms with Crippen molar-refractivity contribution >= 4 is 34.8 Å². The molecule has 0 radical (unpaired) electrons. The summed E-state index contributed by atoms with van der Waals surface area (Å²) in [6, 6.07) is 20.7. The van der Waals surface area contributed by atoms with Gasteiger partial charge in [0.15, 0.2) is 0 Å². The van der Waals surface area contributed by atoms with E-state index in [-0.39, 0.29) is 0 Å². The number of benzene rings is 1. The molecule has 28 heavy (non-hydrogen) atoms. The third kappa shape index (κ3) is 2.53. The Labute approximate surface area is 159 Å². The topological polar surface area (TPSA) is 75.5 Å². The highest BCUT2D eigenvalue weighted by Crippen LogP contribution is 2.12. The first-order chi connectivity index (χ1) is 13.8. The lowest BCUT2D eigenvalue weighted by atomic mass is 10.2. The Bertz CT molecular complexity index is 1450. The summed E-state index contributed by atoms with van der Waals surface area (Å²) in [7, 11) is 0. The molecule has 0 fully saturated rings. The number of fused-ring (bicyclic) bond motifs is 11. The number of aromatic amines is 4. The average molecular weight is 363 g/mol. The van der Waals surface area contributed by atoms with Gasteiger partial charge in [0.1, 0.15) is 11.3 Å². The van der Waals surface area contributed by atoms with Gasteiger partial charge in [-0.25, -0.2) is 4.99 Å². The molecule has 5 aromatic rings. The first-order valence-electron chi connectivity index (χ1n) is 9.24. The number of nitrogens with one attached hydrogen (secondary N) is 4. The zero-order valence-electron chi connectivity index (χ0n) is 15.0. The molecule has 1 aromatic carbocycles. The van der Waals surface area contributed by atoms with Crippen LogP contribution in [0.15, 0.2) is 65.7 Å². The van der Waals surface area contributed by atoms with Crippen molar-refractivity contribution in [3.8, 4) is 0 Å². The lowest BCUT2D eigenvalue weighted by Gasteiger charge is -1.89. The van der Waals surface area contributed by atoms with E-state index in [1.54, 1.807) is 0 Å². The van der Waals surface area contributed by atoms with Crippen molar-refractivity contribution in [2.75, 3.05) is 0 Å². The van der Waals surface area contributed by atoms with Crippen molar-refractivity contribution in [1.82, 2.24) is 19.9 Å². The van der Waals surface area contributed by atoms with Crippen LogP contribution in [0.1, 0.15) is 17.1 Å². The third-order valence-electron chi connectivity index (χ3n) is 5.03. The molecule has 1 aliphatic rings. The van der Waals surface area contributed by atoms with E-state index in [2.05, 4.69) is 80.6 Å². The number of aromatic nitrogens is 4. The minimum atomic E-state index is 0.817. The zero-order chi connectivity index (χ0) is 18.5. The highest BCUT2D eigenvalue weighted by Gasteiger charge is 2.04. The lowest BCUT2D eigenvalue weighted by molar-refractivity contribution is 1.15. The van der Waals surface area contributed by atoms with Crippen molar-refractivity contribution in [1.29, 1.82) is 0 Å². The summed E-state index contributed by atoms with van der Waals surface area (Å²) in [5, 5.41) is 5.38. The molecular weight excluding hydrogens is 346 g/mol. The molecule has 0 aliphatic carbocycles. The summed E-state index contributed by atoms with van der Waals surface area (Å²) in [5.41, 5.74) is 3.94. The minimum absolute atomic E-state index is 0.817. The molecule has 134 valence electrons. The fourth-order valence-electron chi connectivity index (χ4n) is 3.74. The molecule has 0 saturated carbocycles. The Morgan fingerprint density at radius 2 is 1.21 bits per heavy atom. The number of rotatable bonds is 0. The van der Waals surface area contributed by atoms with E-state index in [4.69, 9.17) is 4.99 Å². The van der Waals surface area contributed by atoms with E-state index >= 15 is 0 Å². The Morgan fingerprint density at radius 1 is 0.536 bits per heavy atom. The highest BCUT2D eigenvalue weighted by molar-refractivity contribution is 5.83. The fourth-order valence-corrected chi connectivity index (χ4v) is 3.74. The Morgan fingerprint density at radius 3 is 2.04 bits per heavy atom. The van der Waals surface area contributed by atoms with Gasteiger partial charge in [-0.15, -0.1) is 0 Å². The van der Waals surface area contributed by atoms with Crippen LogP contribution in [0.5, 0.6) is 0 Å². The standard InChI is InChI=1S/C23H17N5/c1-2-4-20-19(3-1)21-13-18-8-7-15(25-18)11-14-5-6-16(24-14)12-17-9-10-22(26-17)28-23(20)27-21/h1-13,24-25H,(H2,26,27,28). The summed E-state index contributed by atoms with van der Waals surface area (Å²) < 4.78 is 0. The van der Waals surface area contributed by atoms with Crippen LogP contribution < -0.4 is 21.5 Å². The molecule has 5 nitrogen and oxygen atoms in total. The van der Waals surface area contributed by atoms with Gasteiger partial charge in [0.05, 0.1) is 0 Å². The summed E-state index contributed by atoms with van der Waals surface area (Å²) >= 11 is 0. The van der Waals surface area contributed by atoms with Crippen molar-refractivity contribution in [3.05, 3.63) is 99.3 Å². The van der Waals surface area contributed by atoms with E-state index in [0.29, 0.717) is 0 Å². The van der Waals surface area contributed by atoms with Crippen LogP contribution in [0.4, 0.5) is 5.82 Å². The number of hydrogen-bond acceptors (Lipinski definition) is 1. The Balaban J connectivity index is 1.71. The van der Waals surface area contributed by atoms with E-state index in [9.17, 15) is 0 Å². The normalized spacial score (nSPS) is 12.7. The van der Waals surface area contributed by atoms with Gasteiger partial charge in [0, 0.05) is 43.9 Å². The molecule has 0 saturated heterocycles. The molecule has 6 rings (SSSR count). The first-order valence-corrected chi connectivity index (χ1v) is 9.24. The number of H-pyrrole nitrogens is 4. The predicted octanol–water partition coefficient (Wildman–Crippen LogP) is 1.90. The largest absolute Gasteiger partial charge is 0.355 e. The van der Waals surface area contributed by atoms with Gasteiger partial charge in [-0.05, 0) is 54.6 Å². The molecule has 0 unspecified atom stereocenters. The van der Waals surface area contributed by atoms with Crippen LogP contribution in [-0.2, 0) is 0 Å². The van der Waals surface area contributed by atoms with Gasteiger partial charge >= 0.3 is 0 Å². The zero-order valence-corrected chi connectivity index (χ0v) is 15.0. The average Bonchev–Trinajstić information content (AvgIpc) is 3.47. The maximum absolute atomic E-state index is 4.82.